The minimum absolute atomic E-state index is 0.0828. The lowest BCUT2D eigenvalue weighted by molar-refractivity contribution is -0.121. The number of aromatic carboxylic acids is 1. The Bertz CT molecular complexity index is 464. The molecule has 102 valence electrons. The van der Waals surface area contributed by atoms with Crippen LogP contribution in [0.5, 0.6) is 0 Å². The van der Waals surface area contributed by atoms with Crippen molar-refractivity contribution in [3.05, 3.63) is 35.4 Å². The number of rotatable bonds is 4. The van der Waals surface area contributed by atoms with Crippen molar-refractivity contribution in [2.24, 2.45) is 0 Å². The van der Waals surface area contributed by atoms with Crippen molar-refractivity contribution in [1.29, 1.82) is 0 Å². The van der Waals surface area contributed by atoms with Gasteiger partial charge in [0.15, 0.2) is 0 Å². The van der Waals surface area contributed by atoms with Crippen molar-refractivity contribution in [3.8, 4) is 0 Å². The highest BCUT2D eigenvalue weighted by atomic mass is 16.4. The van der Waals surface area contributed by atoms with Gasteiger partial charge in [-0.2, -0.15) is 0 Å². The maximum Gasteiger partial charge on any atom is 0.335 e. The fourth-order valence-corrected chi connectivity index (χ4v) is 2.58. The monoisotopic (exact) mass is 261 g/mol. The van der Waals surface area contributed by atoms with Gasteiger partial charge in [0.25, 0.3) is 0 Å². The van der Waals surface area contributed by atoms with Crippen molar-refractivity contribution >= 4 is 11.9 Å². The van der Waals surface area contributed by atoms with Gasteiger partial charge in [-0.1, -0.05) is 37.5 Å². The quantitative estimate of drug-likeness (QED) is 0.874. The molecule has 4 nitrogen and oxygen atoms in total. The van der Waals surface area contributed by atoms with E-state index in [9.17, 15) is 9.59 Å². The summed E-state index contributed by atoms with van der Waals surface area (Å²) in [6.07, 6.45) is 5.78. The Morgan fingerprint density at radius 2 is 1.84 bits per heavy atom. The van der Waals surface area contributed by atoms with Crippen LogP contribution in [-0.4, -0.2) is 23.0 Å². The molecule has 0 aromatic heterocycles. The summed E-state index contributed by atoms with van der Waals surface area (Å²) in [7, 11) is 0. The molecule has 0 atom stereocenters. The van der Waals surface area contributed by atoms with Gasteiger partial charge >= 0.3 is 5.97 Å². The molecule has 2 N–H and O–H groups in total. The van der Waals surface area contributed by atoms with Crippen molar-refractivity contribution < 1.29 is 14.7 Å². The Morgan fingerprint density at radius 3 is 2.53 bits per heavy atom. The molecule has 1 aromatic carbocycles. The Balaban J connectivity index is 1.96. The van der Waals surface area contributed by atoms with Gasteiger partial charge in [-0.25, -0.2) is 4.79 Å². The van der Waals surface area contributed by atoms with E-state index < -0.39 is 5.97 Å². The van der Waals surface area contributed by atoms with Crippen molar-refractivity contribution in [2.75, 3.05) is 0 Å². The minimum Gasteiger partial charge on any atom is -0.478 e. The average Bonchev–Trinajstić information content (AvgIpc) is 2.40. The highest BCUT2D eigenvalue weighted by Crippen LogP contribution is 2.17. The summed E-state index contributed by atoms with van der Waals surface area (Å²) < 4.78 is 0. The lowest BCUT2D eigenvalue weighted by atomic mass is 9.95. The van der Waals surface area contributed by atoms with Gasteiger partial charge in [-0.15, -0.1) is 0 Å². The molecular formula is C15H19NO3. The molecule has 1 saturated carbocycles. The van der Waals surface area contributed by atoms with Crippen LogP contribution in [-0.2, 0) is 11.2 Å². The van der Waals surface area contributed by atoms with Crippen LogP contribution in [0.25, 0.3) is 0 Å². The first-order chi connectivity index (χ1) is 9.16. The largest absolute Gasteiger partial charge is 0.478 e. The Morgan fingerprint density at radius 1 is 1.16 bits per heavy atom. The van der Waals surface area contributed by atoms with Gasteiger partial charge < -0.3 is 10.4 Å². The molecule has 0 spiro atoms. The van der Waals surface area contributed by atoms with Crippen LogP contribution in [0.2, 0.25) is 0 Å². The summed E-state index contributed by atoms with van der Waals surface area (Å²) in [5.41, 5.74) is 0.782. The van der Waals surface area contributed by atoms with Crippen LogP contribution in [0.4, 0.5) is 0 Å². The molecule has 19 heavy (non-hydrogen) atoms. The number of carboxylic acid groups (broad SMARTS) is 1. The molecule has 0 aliphatic heterocycles. The van der Waals surface area contributed by atoms with E-state index in [0.29, 0.717) is 5.56 Å². The minimum atomic E-state index is -0.985. The zero-order chi connectivity index (χ0) is 13.7. The Hall–Kier alpha value is -1.84. The zero-order valence-electron chi connectivity index (χ0n) is 10.9. The van der Waals surface area contributed by atoms with Crippen LogP contribution >= 0.6 is 0 Å². The van der Waals surface area contributed by atoms with Crippen molar-refractivity contribution in [3.63, 3.8) is 0 Å². The van der Waals surface area contributed by atoms with E-state index in [-0.39, 0.29) is 23.9 Å². The van der Waals surface area contributed by atoms with Gasteiger partial charge in [0.05, 0.1) is 12.0 Å². The van der Waals surface area contributed by atoms with Gasteiger partial charge in [-0.3, -0.25) is 4.79 Å². The molecular weight excluding hydrogens is 242 g/mol. The number of hydrogen-bond acceptors (Lipinski definition) is 2. The second-order valence-corrected chi connectivity index (χ2v) is 5.04. The maximum atomic E-state index is 12.0. The van der Waals surface area contributed by atoms with Crippen LogP contribution in [0.15, 0.2) is 24.3 Å². The zero-order valence-corrected chi connectivity index (χ0v) is 10.9. The molecule has 0 bridgehead atoms. The normalized spacial score (nSPS) is 16.0. The van der Waals surface area contributed by atoms with Crippen LogP contribution in [0.3, 0.4) is 0 Å². The summed E-state index contributed by atoms with van der Waals surface area (Å²) in [5, 5.41) is 12.1. The first-order valence-electron chi connectivity index (χ1n) is 6.77. The van der Waals surface area contributed by atoms with E-state index in [1.54, 1.807) is 18.2 Å². The molecule has 1 aliphatic carbocycles. The number of carbonyl (C=O) groups excluding carboxylic acids is 1. The molecule has 0 heterocycles. The molecule has 0 saturated heterocycles. The third-order valence-electron chi connectivity index (χ3n) is 3.57. The molecule has 1 aliphatic rings. The molecule has 2 rings (SSSR count). The second kappa shape index (κ2) is 6.36. The highest BCUT2D eigenvalue weighted by molar-refractivity contribution is 5.91. The number of amides is 1. The lowest BCUT2D eigenvalue weighted by Gasteiger charge is -2.22. The maximum absolute atomic E-state index is 12.0. The molecule has 1 aromatic rings. The van der Waals surface area contributed by atoms with Gasteiger partial charge in [0.2, 0.25) is 5.91 Å². The second-order valence-electron chi connectivity index (χ2n) is 5.04. The Kier molecular flexibility index (Phi) is 4.55. The molecule has 1 amide bonds. The summed E-state index contributed by atoms with van der Waals surface area (Å²) in [4.78, 5) is 23.0. The molecule has 4 heteroatoms. The average molecular weight is 261 g/mol. The van der Waals surface area contributed by atoms with Crippen LogP contribution in [0.1, 0.15) is 48.0 Å². The van der Waals surface area contributed by atoms with Crippen molar-refractivity contribution in [2.45, 2.75) is 44.6 Å². The lowest BCUT2D eigenvalue weighted by Crippen LogP contribution is -2.37. The van der Waals surface area contributed by atoms with Gasteiger partial charge in [-0.05, 0) is 24.5 Å². The number of carboxylic acids is 1. The predicted molar refractivity (Wildman–Crippen MR) is 72.1 cm³/mol. The third kappa shape index (κ3) is 3.81. The summed E-state index contributed by atoms with van der Waals surface area (Å²) in [6.45, 7) is 0. The van der Waals surface area contributed by atoms with Crippen LogP contribution in [0, 0.1) is 0 Å². The van der Waals surface area contributed by atoms with E-state index in [0.717, 1.165) is 25.7 Å². The molecule has 1 fully saturated rings. The van der Waals surface area contributed by atoms with Gasteiger partial charge in [0, 0.05) is 6.04 Å². The fourth-order valence-electron chi connectivity index (χ4n) is 2.58. The van der Waals surface area contributed by atoms with E-state index in [1.807, 2.05) is 0 Å². The van der Waals surface area contributed by atoms with E-state index >= 15 is 0 Å². The predicted octanol–water partition coefficient (Wildman–Crippen LogP) is 2.38. The summed E-state index contributed by atoms with van der Waals surface area (Å²) >= 11 is 0. The first kappa shape index (κ1) is 13.6. The number of carbonyl (C=O) groups is 2. The van der Waals surface area contributed by atoms with E-state index in [4.69, 9.17) is 5.11 Å². The standard InChI is InChI=1S/C15H19NO3/c17-14(16-12-7-2-1-3-8-12)10-11-6-4-5-9-13(11)15(18)19/h4-6,9,12H,1-3,7-8,10H2,(H,16,17)(H,18,19). The van der Waals surface area contributed by atoms with Crippen LogP contribution < -0.4 is 5.32 Å². The van der Waals surface area contributed by atoms with E-state index in [1.165, 1.54) is 12.5 Å². The topological polar surface area (TPSA) is 66.4 Å². The first-order valence-corrected chi connectivity index (χ1v) is 6.77. The Labute approximate surface area is 112 Å². The number of hydrogen-bond donors (Lipinski definition) is 2. The van der Waals surface area contributed by atoms with E-state index in [2.05, 4.69) is 5.32 Å². The fraction of sp³-hybridized carbons (Fsp3) is 0.467. The van der Waals surface area contributed by atoms with Gasteiger partial charge in [0.1, 0.15) is 0 Å². The number of nitrogens with one attached hydrogen (secondary N) is 1. The summed E-state index contributed by atoms with van der Waals surface area (Å²) in [5.74, 6) is -1.07. The van der Waals surface area contributed by atoms with Crippen molar-refractivity contribution in [1.82, 2.24) is 5.32 Å². The summed E-state index contributed by atoms with van der Waals surface area (Å²) in [6, 6.07) is 6.93. The third-order valence-corrected chi connectivity index (χ3v) is 3.57. The number of benzene rings is 1. The highest BCUT2D eigenvalue weighted by Gasteiger charge is 2.17. The smallest absolute Gasteiger partial charge is 0.335 e. The molecule has 0 unspecified atom stereocenters. The SMILES string of the molecule is O=C(Cc1ccccc1C(=O)O)NC1CCCCC1. The molecule has 0 radical (unpaired) electrons.